The Morgan fingerprint density at radius 1 is 1.64 bits per heavy atom. The highest BCUT2D eigenvalue weighted by molar-refractivity contribution is 5.86. The molecule has 1 aliphatic rings. The Labute approximate surface area is 68.6 Å². The van der Waals surface area contributed by atoms with Crippen LogP contribution < -0.4 is 0 Å². The van der Waals surface area contributed by atoms with Gasteiger partial charge in [0.2, 0.25) is 0 Å². The summed E-state index contributed by atoms with van der Waals surface area (Å²) in [6.07, 6.45) is 1.78. The number of carbonyl (C=O) groups excluding carboxylic acids is 1. The third-order valence-electron chi connectivity index (χ3n) is 2.31. The van der Waals surface area contributed by atoms with E-state index in [1.54, 1.807) is 0 Å². The van der Waals surface area contributed by atoms with Gasteiger partial charge in [-0.2, -0.15) is 0 Å². The molecule has 0 N–H and O–H groups in total. The van der Waals surface area contributed by atoms with E-state index in [0.717, 1.165) is 19.4 Å². The quantitative estimate of drug-likeness (QED) is 0.599. The number of nitrogens with zero attached hydrogens (tertiary/aromatic N) is 1. The van der Waals surface area contributed by atoms with Crippen molar-refractivity contribution in [3.05, 3.63) is 0 Å². The predicted molar refractivity (Wildman–Crippen MR) is 45.5 cm³/mol. The molecule has 2 heteroatoms. The monoisotopic (exact) mass is 155 g/mol. The summed E-state index contributed by atoms with van der Waals surface area (Å²) in [7, 11) is 2.04. The van der Waals surface area contributed by atoms with Crippen molar-refractivity contribution in [1.29, 1.82) is 0 Å². The van der Waals surface area contributed by atoms with Gasteiger partial charge in [-0.1, -0.05) is 13.8 Å². The van der Waals surface area contributed by atoms with E-state index >= 15 is 0 Å². The smallest absolute Gasteiger partial charge is 0.151 e. The standard InChI is InChI=1S/C9H17NO/c1-7(2)6-8-9(11)4-5-10(8)3/h7-8H,4-6H2,1-3H3. The maximum absolute atomic E-state index is 11.3. The van der Waals surface area contributed by atoms with Gasteiger partial charge in [0.05, 0.1) is 6.04 Å². The van der Waals surface area contributed by atoms with Gasteiger partial charge in [0, 0.05) is 13.0 Å². The van der Waals surface area contributed by atoms with E-state index < -0.39 is 0 Å². The largest absolute Gasteiger partial charge is 0.298 e. The van der Waals surface area contributed by atoms with Gasteiger partial charge in [0.1, 0.15) is 0 Å². The highest BCUT2D eigenvalue weighted by Crippen LogP contribution is 2.18. The summed E-state index contributed by atoms with van der Waals surface area (Å²) in [5, 5.41) is 0. The molecule has 0 saturated carbocycles. The third-order valence-corrected chi connectivity index (χ3v) is 2.31. The van der Waals surface area contributed by atoms with Crippen molar-refractivity contribution in [2.75, 3.05) is 13.6 Å². The van der Waals surface area contributed by atoms with Crippen molar-refractivity contribution in [1.82, 2.24) is 4.90 Å². The molecule has 11 heavy (non-hydrogen) atoms. The summed E-state index contributed by atoms with van der Waals surface area (Å²) in [4.78, 5) is 13.4. The predicted octanol–water partition coefficient (Wildman–Crippen LogP) is 1.31. The Bertz CT molecular complexity index is 154. The van der Waals surface area contributed by atoms with Gasteiger partial charge in [-0.25, -0.2) is 0 Å². The van der Waals surface area contributed by atoms with Crippen molar-refractivity contribution >= 4 is 5.78 Å². The molecule has 1 rings (SSSR count). The van der Waals surface area contributed by atoms with Gasteiger partial charge >= 0.3 is 0 Å². The van der Waals surface area contributed by atoms with Crippen LogP contribution in [0.25, 0.3) is 0 Å². The highest BCUT2D eigenvalue weighted by atomic mass is 16.1. The molecular formula is C9H17NO. The molecule has 0 aromatic rings. The number of rotatable bonds is 2. The van der Waals surface area contributed by atoms with Crippen molar-refractivity contribution < 1.29 is 4.79 Å². The Hall–Kier alpha value is -0.370. The molecule has 1 aliphatic heterocycles. The second kappa shape index (κ2) is 3.35. The normalized spacial score (nSPS) is 26.9. The number of likely N-dealkylation sites (N-methyl/N-ethyl adjacent to an activating group) is 1. The number of likely N-dealkylation sites (tertiary alicyclic amines) is 1. The van der Waals surface area contributed by atoms with Crippen LogP contribution in [0.1, 0.15) is 26.7 Å². The zero-order valence-corrected chi connectivity index (χ0v) is 7.63. The topological polar surface area (TPSA) is 20.3 Å². The van der Waals surface area contributed by atoms with Crippen LogP contribution in [0.15, 0.2) is 0 Å². The lowest BCUT2D eigenvalue weighted by molar-refractivity contribution is -0.120. The number of carbonyl (C=O) groups is 1. The molecule has 0 amide bonds. The highest BCUT2D eigenvalue weighted by Gasteiger charge is 2.29. The van der Waals surface area contributed by atoms with E-state index in [2.05, 4.69) is 18.7 Å². The number of hydrogen-bond donors (Lipinski definition) is 0. The molecule has 1 fully saturated rings. The average Bonchev–Trinajstić information content (AvgIpc) is 2.18. The zero-order valence-electron chi connectivity index (χ0n) is 7.63. The summed E-state index contributed by atoms with van der Waals surface area (Å²) in [6, 6.07) is 0.218. The van der Waals surface area contributed by atoms with Crippen molar-refractivity contribution in [3.63, 3.8) is 0 Å². The van der Waals surface area contributed by atoms with Crippen LogP contribution in [0.3, 0.4) is 0 Å². The van der Waals surface area contributed by atoms with Crippen LogP contribution in [0.4, 0.5) is 0 Å². The van der Waals surface area contributed by atoms with Crippen molar-refractivity contribution in [3.8, 4) is 0 Å². The van der Waals surface area contributed by atoms with Crippen LogP contribution in [0.2, 0.25) is 0 Å². The summed E-state index contributed by atoms with van der Waals surface area (Å²) < 4.78 is 0. The van der Waals surface area contributed by atoms with Crippen molar-refractivity contribution in [2.24, 2.45) is 5.92 Å². The maximum Gasteiger partial charge on any atom is 0.151 e. The molecule has 64 valence electrons. The first-order valence-electron chi connectivity index (χ1n) is 4.34. The molecule has 0 aliphatic carbocycles. The molecule has 1 heterocycles. The van der Waals surface area contributed by atoms with Crippen LogP contribution in [-0.2, 0) is 4.79 Å². The van der Waals surface area contributed by atoms with Crippen LogP contribution >= 0.6 is 0 Å². The van der Waals surface area contributed by atoms with Gasteiger partial charge in [0.25, 0.3) is 0 Å². The molecule has 1 atom stereocenters. The minimum Gasteiger partial charge on any atom is -0.298 e. The van der Waals surface area contributed by atoms with E-state index in [9.17, 15) is 4.79 Å². The van der Waals surface area contributed by atoms with Crippen LogP contribution in [-0.4, -0.2) is 30.3 Å². The Morgan fingerprint density at radius 3 is 2.64 bits per heavy atom. The minimum absolute atomic E-state index is 0.218. The van der Waals surface area contributed by atoms with Crippen LogP contribution in [0.5, 0.6) is 0 Å². The Balaban J connectivity index is 2.48. The zero-order chi connectivity index (χ0) is 8.43. The molecule has 2 nitrogen and oxygen atoms in total. The molecule has 1 unspecified atom stereocenters. The van der Waals surface area contributed by atoms with E-state index in [-0.39, 0.29) is 6.04 Å². The van der Waals surface area contributed by atoms with E-state index in [4.69, 9.17) is 0 Å². The molecule has 0 radical (unpaired) electrons. The van der Waals surface area contributed by atoms with E-state index in [0.29, 0.717) is 11.7 Å². The summed E-state index contributed by atoms with van der Waals surface area (Å²) in [5.41, 5.74) is 0. The first-order valence-corrected chi connectivity index (χ1v) is 4.34. The van der Waals surface area contributed by atoms with Crippen LogP contribution in [0, 0.1) is 5.92 Å². The third kappa shape index (κ3) is 2.03. The SMILES string of the molecule is CC(C)CC1C(=O)CCN1C. The summed E-state index contributed by atoms with van der Waals surface area (Å²) in [6.45, 7) is 5.29. The molecular weight excluding hydrogens is 138 g/mol. The number of ketones is 1. The number of hydrogen-bond acceptors (Lipinski definition) is 2. The lowest BCUT2D eigenvalue weighted by Gasteiger charge is -2.19. The fraction of sp³-hybridized carbons (Fsp3) is 0.889. The van der Waals surface area contributed by atoms with Crippen molar-refractivity contribution in [2.45, 2.75) is 32.7 Å². The maximum atomic E-state index is 11.3. The van der Waals surface area contributed by atoms with E-state index in [1.807, 2.05) is 7.05 Å². The molecule has 1 saturated heterocycles. The van der Waals surface area contributed by atoms with Gasteiger partial charge in [-0.3, -0.25) is 9.69 Å². The molecule has 0 aromatic heterocycles. The minimum atomic E-state index is 0.218. The molecule has 0 spiro atoms. The summed E-state index contributed by atoms with van der Waals surface area (Å²) >= 11 is 0. The van der Waals surface area contributed by atoms with Gasteiger partial charge in [-0.05, 0) is 19.4 Å². The van der Waals surface area contributed by atoms with Gasteiger partial charge in [-0.15, -0.1) is 0 Å². The lowest BCUT2D eigenvalue weighted by atomic mass is 10.0. The Morgan fingerprint density at radius 2 is 2.27 bits per heavy atom. The second-order valence-corrected chi connectivity index (χ2v) is 3.84. The van der Waals surface area contributed by atoms with Gasteiger partial charge < -0.3 is 0 Å². The first-order chi connectivity index (χ1) is 5.11. The van der Waals surface area contributed by atoms with E-state index in [1.165, 1.54) is 0 Å². The first kappa shape index (κ1) is 8.72. The van der Waals surface area contributed by atoms with Gasteiger partial charge in [0.15, 0.2) is 5.78 Å². The molecule has 0 aromatic carbocycles. The second-order valence-electron chi connectivity index (χ2n) is 3.84. The Kier molecular flexibility index (Phi) is 2.66. The lowest BCUT2D eigenvalue weighted by Crippen LogP contribution is -2.30. The fourth-order valence-corrected chi connectivity index (χ4v) is 1.61. The summed E-state index contributed by atoms with van der Waals surface area (Å²) in [5.74, 6) is 1.06. The average molecular weight is 155 g/mol. The molecule has 0 bridgehead atoms. The fourth-order valence-electron chi connectivity index (χ4n) is 1.61. The number of Topliss-reactive ketones (excluding diaryl/α,β-unsaturated/α-hetero) is 1.